The van der Waals surface area contributed by atoms with E-state index in [1.807, 2.05) is 18.2 Å². The molecule has 1 aliphatic heterocycles. The highest BCUT2D eigenvalue weighted by molar-refractivity contribution is 14.0. The normalized spacial score (nSPS) is 16.8. The van der Waals surface area contributed by atoms with Gasteiger partial charge in [0.1, 0.15) is 5.82 Å². The summed E-state index contributed by atoms with van der Waals surface area (Å²) in [4.78, 5) is 8.79. The first kappa shape index (κ1) is 20.1. The van der Waals surface area contributed by atoms with Gasteiger partial charge < -0.3 is 15.8 Å². The second-order valence-corrected chi connectivity index (χ2v) is 6.86. The number of pyridine rings is 1. The molecule has 0 amide bonds. The number of hydrogen-bond acceptors (Lipinski definition) is 3. The molecule has 1 aliphatic rings. The van der Waals surface area contributed by atoms with Gasteiger partial charge in [-0.15, -0.1) is 24.0 Å². The van der Waals surface area contributed by atoms with Crippen LogP contribution in [-0.2, 0) is 10.2 Å². The number of nitrogens with zero attached hydrogens (tertiary/aromatic N) is 2. The van der Waals surface area contributed by atoms with Gasteiger partial charge in [-0.3, -0.25) is 4.99 Å². The van der Waals surface area contributed by atoms with Gasteiger partial charge in [0.15, 0.2) is 5.96 Å². The van der Waals surface area contributed by atoms with E-state index >= 15 is 0 Å². The lowest BCUT2D eigenvalue weighted by atomic mass is 9.74. The number of guanidine groups is 1. The van der Waals surface area contributed by atoms with Crippen LogP contribution < -0.4 is 11.1 Å². The Bertz CT molecular complexity index is 688. The molecule has 0 unspecified atom stereocenters. The van der Waals surface area contributed by atoms with E-state index in [0.29, 0.717) is 18.3 Å². The summed E-state index contributed by atoms with van der Waals surface area (Å²) in [5.74, 6) is 1.08. The second-order valence-electron chi connectivity index (χ2n) is 5.94. The van der Waals surface area contributed by atoms with Crippen LogP contribution in [0, 0.1) is 0 Å². The minimum Gasteiger partial charge on any atom is -0.381 e. The molecule has 134 valence electrons. The Kier molecular flexibility index (Phi) is 7.64. The highest BCUT2D eigenvalue weighted by Gasteiger charge is 2.34. The van der Waals surface area contributed by atoms with Crippen molar-refractivity contribution in [2.24, 2.45) is 10.7 Å². The summed E-state index contributed by atoms with van der Waals surface area (Å²) in [7, 11) is 0. The molecule has 1 saturated heterocycles. The first-order chi connectivity index (χ1) is 11.7. The van der Waals surface area contributed by atoms with Gasteiger partial charge >= 0.3 is 0 Å². The van der Waals surface area contributed by atoms with Crippen LogP contribution in [0.5, 0.6) is 0 Å². The molecule has 0 radical (unpaired) electrons. The van der Waals surface area contributed by atoms with Crippen LogP contribution in [0.4, 0.5) is 5.82 Å². The van der Waals surface area contributed by atoms with E-state index in [2.05, 4.69) is 55.5 Å². The molecule has 1 aromatic carbocycles. The predicted octanol–water partition coefficient (Wildman–Crippen LogP) is 3.94. The lowest BCUT2D eigenvalue weighted by molar-refractivity contribution is 0.0531. The third-order valence-electron chi connectivity index (χ3n) is 4.38. The van der Waals surface area contributed by atoms with E-state index in [0.717, 1.165) is 30.5 Å². The number of aliphatic imine (C=N–C) groups is 1. The van der Waals surface area contributed by atoms with E-state index < -0.39 is 0 Å². The first-order valence-corrected chi connectivity index (χ1v) is 8.79. The number of ether oxygens (including phenoxy) is 1. The monoisotopic (exact) mass is 516 g/mol. The molecule has 0 atom stereocenters. The van der Waals surface area contributed by atoms with Crippen molar-refractivity contribution in [2.45, 2.75) is 18.3 Å². The maximum Gasteiger partial charge on any atom is 0.194 e. The van der Waals surface area contributed by atoms with Gasteiger partial charge in [-0.25, -0.2) is 4.98 Å². The zero-order valence-corrected chi connectivity index (χ0v) is 17.7. The summed E-state index contributed by atoms with van der Waals surface area (Å²) in [5.41, 5.74) is 7.29. The van der Waals surface area contributed by atoms with E-state index in [-0.39, 0.29) is 29.4 Å². The van der Waals surface area contributed by atoms with Gasteiger partial charge in [0, 0.05) is 29.3 Å². The molecule has 7 heteroatoms. The number of hydrogen-bond donors (Lipinski definition) is 2. The maximum absolute atomic E-state index is 6.04. The largest absolute Gasteiger partial charge is 0.381 e. The van der Waals surface area contributed by atoms with Gasteiger partial charge in [0.05, 0.1) is 6.54 Å². The number of nitrogens with two attached hydrogens (primary N) is 1. The SMILES string of the molecule is I.NC(=NCC1(c2ccc(Br)cc2)CCOCC1)Nc1ccccn1. The fourth-order valence-electron chi connectivity index (χ4n) is 2.95. The average Bonchev–Trinajstić information content (AvgIpc) is 2.62. The molecule has 1 aromatic heterocycles. The zero-order valence-electron chi connectivity index (χ0n) is 13.8. The molecule has 2 aromatic rings. The quantitative estimate of drug-likeness (QED) is 0.367. The number of halogens is 2. The van der Waals surface area contributed by atoms with Crippen molar-refractivity contribution >= 4 is 51.7 Å². The fourth-order valence-corrected chi connectivity index (χ4v) is 3.21. The van der Waals surface area contributed by atoms with Gasteiger partial charge in [-0.2, -0.15) is 0 Å². The van der Waals surface area contributed by atoms with Gasteiger partial charge in [0.2, 0.25) is 0 Å². The molecule has 0 spiro atoms. The third kappa shape index (κ3) is 5.39. The molecule has 0 bridgehead atoms. The Balaban J connectivity index is 0.00000225. The number of anilines is 1. The van der Waals surface area contributed by atoms with Crippen molar-refractivity contribution in [1.82, 2.24) is 4.98 Å². The number of aromatic nitrogens is 1. The Morgan fingerprint density at radius 1 is 1.20 bits per heavy atom. The number of nitrogens with one attached hydrogen (secondary N) is 1. The highest BCUT2D eigenvalue weighted by Crippen LogP contribution is 2.35. The van der Waals surface area contributed by atoms with Gasteiger partial charge in [-0.05, 0) is 42.7 Å². The topological polar surface area (TPSA) is 72.5 Å². The van der Waals surface area contributed by atoms with E-state index in [4.69, 9.17) is 10.5 Å². The predicted molar refractivity (Wildman–Crippen MR) is 116 cm³/mol. The highest BCUT2D eigenvalue weighted by atomic mass is 127. The van der Waals surface area contributed by atoms with Gasteiger partial charge in [0.25, 0.3) is 0 Å². The summed E-state index contributed by atoms with van der Waals surface area (Å²) in [6.45, 7) is 2.13. The van der Waals surface area contributed by atoms with Crippen LogP contribution >= 0.6 is 39.9 Å². The average molecular weight is 517 g/mol. The zero-order chi connectivity index (χ0) is 16.8. The Hall–Kier alpha value is -1.19. The number of benzene rings is 1. The Morgan fingerprint density at radius 2 is 1.92 bits per heavy atom. The molecule has 3 rings (SSSR count). The smallest absolute Gasteiger partial charge is 0.194 e. The molecule has 1 fully saturated rings. The van der Waals surface area contributed by atoms with Crippen LogP contribution in [0.1, 0.15) is 18.4 Å². The van der Waals surface area contributed by atoms with Crippen LogP contribution in [-0.4, -0.2) is 30.7 Å². The Labute approximate surface area is 173 Å². The third-order valence-corrected chi connectivity index (χ3v) is 4.91. The second kappa shape index (κ2) is 9.49. The standard InChI is InChI=1S/C18H21BrN4O.HI/c19-15-6-4-14(5-7-15)18(8-11-24-12-9-18)13-22-17(20)23-16-3-1-2-10-21-16;/h1-7,10H,8-9,11-13H2,(H3,20,21,22,23);1H. The van der Waals surface area contributed by atoms with E-state index in [1.54, 1.807) is 6.20 Å². The minimum absolute atomic E-state index is 0. The maximum atomic E-state index is 6.04. The lowest BCUT2D eigenvalue weighted by Crippen LogP contribution is -2.38. The van der Waals surface area contributed by atoms with Crippen molar-refractivity contribution in [1.29, 1.82) is 0 Å². The summed E-state index contributed by atoms with van der Waals surface area (Å²) < 4.78 is 6.63. The van der Waals surface area contributed by atoms with E-state index in [9.17, 15) is 0 Å². The molecule has 5 nitrogen and oxygen atoms in total. The molecule has 25 heavy (non-hydrogen) atoms. The Morgan fingerprint density at radius 3 is 2.56 bits per heavy atom. The first-order valence-electron chi connectivity index (χ1n) is 8.00. The van der Waals surface area contributed by atoms with Crippen LogP contribution in [0.3, 0.4) is 0 Å². The molecule has 2 heterocycles. The number of rotatable bonds is 4. The summed E-state index contributed by atoms with van der Waals surface area (Å²) >= 11 is 3.50. The lowest BCUT2D eigenvalue weighted by Gasteiger charge is -2.36. The minimum atomic E-state index is -0.0324. The molecule has 0 aliphatic carbocycles. The van der Waals surface area contributed by atoms with Crippen LogP contribution in [0.15, 0.2) is 58.1 Å². The van der Waals surface area contributed by atoms with Crippen molar-refractivity contribution in [3.63, 3.8) is 0 Å². The molecular formula is C18H22BrIN4O. The van der Waals surface area contributed by atoms with E-state index in [1.165, 1.54) is 5.56 Å². The van der Waals surface area contributed by atoms with Gasteiger partial charge in [-0.1, -0.05) is 34.1 Å². The molecular weight excluding hydrogens is 495 g/mol. The van der Waals surface area contributed by atoms with Crippen molar-refractivity contribution in [2.75, 3.05) is 25.1 Å². The molecule has 3 N–H and O–H groups in total. The van der Waals surface area contributed by atoms with Crippen molar-refractivity contribution in [3.05, 3.63) is 58.7 Å². The molecule has 0 saturated carbocycles. The van der Waals surface area contributed by atoms with Crippen LogP contribution in [0.2, 0.25) is 0 Å². The summed E-state index contributed by atoms with van der Waals surface area (Å²) in [6.07, 6.45) is 3.60. The summed E-state index contributed by atoms with van der Waals surface area (Å²) in [5, 5.41) is 3.04. The van der Waals surface area contributed by atoms with Crippen molar-refractivity contribution < 1.29 is 4.74 Å². The van der Waals surface area contributed by atoms with Crippen molar-refractivity contribution in [3.8, 4) is 0 Å². The fraction of sp³-hybridized carbons (Fsp3) is 0.333. The van der Waals surface area contributed by atoms with Crippen LogP contribution in [0.25, 0.3) is 0 Å². The summed E-state index contributed by atoms with van der Waals surface area (Å²) in [6, 6.07) is 14.1.